The lowest BCUT2D eigenvalue weighted by atomic mass is 10.1. The van der Waals surface area contributed by atoms with Crippen molar-refractivity contribution in [1.29, 1.82) is 0 Å². The van der Waals surface area contributed by atoms with Gasteiger partial charge in [0, 0.05) is 22.3 Å². The first-order chi connectivity index (χ1) is 10.1. The summed E-state index contributed by atoms with van der Waals surface area (Å²) in [5, 5.41) is 0.714. The van der Waals surface area contributed by atoms with Gasteiger partial charge in [-0.2, -0.15) is 0 Å². The topological polar surface area (TPSA) is 51.6 Å². The molecule has 0 aliphatic heterocycles. The second-order valence-corrected chi connectivity index (χ2v) is 5.13. The Morgan fingerprint density at radius 2 is 1.38 bits per heavy atom. The average molecular weight is 297 g/mol. The maximum absolute atomic E-state index is 5.89. The van der Waals surface area contributed by atoms with Crippen molar-refractivity contribution in [3.8, 4) is 22.6 Å². The van der Waals surface area contributed by atoms with Crippen molar-refractivity contribution in [1.82, 2.24) is 19.9 Å². The van der Waals surface area contributed by atoms with Crippen molar-refractivity contribution in [2.45, 2.75) is 13.8 Å². The molecule has 0 saturated heterocycles. The summed E-state index contributed by atoms with van der Waals surface area (Å²) < 4.78 is 0. The van der Waals surface area contributed by atoms with E-state index in [2.05, 4.69) is 19.9 Å². The fraction of sp³-hybridized carbons (Fsp3) is 0.125. The summed E-state index contributed by atoms with van der Waals surface area (Å²) in [5.41, 5.74) is 2.79. The lowest BCUT2D eigenvalue weighted by Gasteiger charge is -2.04. The van der Waals surface area contributed by atoms with Crippen LogP contribution < -0.4 is 0 Å². The van der Waals surface area contributed by atoms with Gasteiger partial charge in [0.15, 0.2) is 5.82 Å². The van der Waals surface area contributed by atoms with Gasteiger partial charge in [0.1, 0.15) is 11.6 Å². The normalized spacial score (nSPS) is 10.6. The molecule has 0 unspecified atom stereocenters. The quantitative estimate of drug-likeness (QED) is 0.720. The number of halogens is 1. The molecule has 1 aromatic carbocycles. The van der Waals surface area contributed by atoms with Crippen LogP contribution in [-0.2, 0) is 0 Å². The molecule has 104 valence electrons. The Labute approximate surface area is 127 Å². The molecule has 4 nitrogen and oxygen atoms in total. The minimum atomic E-state index is 0.648. The van der Waals surface area contributed by atoms with E-state index in [1.807, 2.05) is 50.2 Å². The second-order valence-electron chi connectivity index (χ2n) is 4.69. The number of hydrogen-bond donors (Lipinski definition) is 0. The summed E-state index contributed by atoms with van der Waals surface area (Å²) in [5.74, 6) is 2.06. The van der Waals surface area contributed by atoms with Crippen LogP contribution in [0, 0.1) is 13.8 Å². The first-order valence-electron chi connectivity index (χ1n) is 6.53. The number of aromatic nitrogens is 4. The molecule has 3 rings (SSSR count). The Morgan fingerprint density at radius 1 is 0.762 bits per heavy atom. The largest absolute Gasteiger partial charge is 0.255 e. The molecule has 0 atom stereocenters. The third-order valence-electron chi connectivity index (χ3n) is 3.02. The van der Waals surface area contributed by atoms with Crippen molar-refractivity contribution in [3.63, 3.8) is 0 Å². The lowest BCUT2D eigenvalue weighted by molar-refractivity contribution is 0.927. The standard InChI is InChI=1S/C16H13ClN4/c1-10-19-11(2)21-16(20-10)13-5-8-15(18-9-13)12-3-6-14(17)7-4-12/h3-9H,1-2H3. The van der Waals surface area contributed by atoms with Crippen molar-refractivity contribution < 1.29 is 0 Å². The Bertz CT molecular complexity index is 747. The van der Waals surface area contributed by atoms with Gasteiger partial charge in [0.25, 0.3) is 0 Å². The second kappa shape index (κ2) is 5.58. The van der Waals surface area contributed by atoms with Crippen LogP contribution >= 0.6 is 11.6 Å². The van der Waals surface area contributed by atoms with E-state index >= 15 is 0 Å². The summed E-state index contributed by atoms with van der Waals surface area (Å²) in [6, 6.07) is 11.5. The molecule has 0 amide bonds. The van der Waals surface area contributed by atoms with Crippen LogP contribution in [0.3, 0.4) is 0 Å². The number of aryl methyl sites for hydroxylation is 2. The predicted octanol–water partition coefficient (Wildman–Crippen LogP) is 3.87. The van der Waals surface area contributed by atoms with Crippen molar-refractivity contribution in [3.05, 3.63) is 59.3 Å². The summed E-state index contributed by atoms with van der Waals surface area (Å²) in [6.07, 6.45) is 1.78. The van der Waals surface area contributed by atoms with Crippen LogP contribution in [0.1, 0.15) is 11.6 Å². The highest BCUT2D eigenvalue weighted by Gasteiger charge is 2.06. The molecule has 0 bridgehead atoms. The fourth-order valence-electron chi connectivity index (χ4n) is 2.06. The number of hydrogen-bond acceptors (Lipinski definition) is 4. The third-order valence-corrected chi connectivity index (χ3v) is 3.27. The number of benzene rings is 1. The van der Waals surface area contributed by atoms with Gasteiger partial charge >= 0.3 is 0 Å². The summed E-state index contributed by atoms with van der Waals surface area (Å²) in [4.78, 5) is 17.3. The highest BCUT2D eigenvalue weighted by Crippen LogP contribution is 2.22. The van der Waals surface area contributed by atoms with E-state index in [4.69, 9.17) is 11.6 Å². The molecule has 0 spiro atoms. The van der Waals surface area contributed by atoms with E-state index in [1.54, 1.807) is 6.20 Å². The molecular formula is C16H13ClN4. The maximum atomic E-state index is 5.89. The molecule has 0 radical (unpaired) electrons. The SMILES string of the molecule is Cc1nc(C)nc(-c2ccc(-c3ccc(Cl)cc3)nc2)n1. The number of pyridine rings is 1. The molecule has 0 aliphatic rings. The van der Waals surface area contributed by atoms with Gasteiger partial charge in [-0.05, 0) is 38.1 Å². The molecule has 2 aromatic heterocycles. The Kier molecular flexibility index (Phi) is 3.62. The van der Waals surface area contributed by atoms with E-state index in [0.717, 1.165) is 16.8 Å². The highest BCUT2D eigenvalue weighted by atomic mass is 35.5. The molecule has 5 heteroatoms. The molecule has 3 aromatic rings. The van der Waals surface area contributed by atoms with Gasteiger partial charge in [-0.1, -0.05) is 23.7 Å². The molecule has 0 fully saturated rings. The maximum Gasteiger partial charge on any atom is 0.164 e. The van der Waals surface area contributed by atoms with E-state index in [1.165, 1.54) is 0 Å². The van der Waals surface area contributed by atoms with Gasteiger partial charge in [0.05, 0.1) is 5.69 Å². The summed E-state index contributed by atoms with van der Waals surface area (Å²) >= 11 is 5.89. The van der Waals surface area contributed by atoms with Crippen molar-refractivity contribution in [2.24, 2.45) is 0 Å². The van der Waals surface area contributed by atoms with Gasteiger partial charge in [0.2, 0.25) is 0 Å². The smallest absolute Gasteiger partial charge is 0.164 e. The lowest BCUT2D eigenvalue weighted by Crippen LogP contribution is -1.99. The summed E-state index contributed by atoms with van der Waals surface area (Å²) in [6.45, 7) is 3.71. The monoisotopic (exact) mass is 296 g/mol. The van der Waals surface area contributed by atoms with Gasteiger partial charge in [-0.3, -0.25) is 4.98 Å². The zero-order valence-corrected chi connectivity index (χ0v) is 12.5. The van der Waals surface area contributed by atoms with Gasteiger partial charge in [-0.15, -0.1) is 0 Å². The first kappa shape index (κ1) is 13.6. The minimum Gasteiger partial charge on any atom is -0.255 e. The molecule has 0 aliphatic carbocycles. The predicted molar refractivity (Wildman–Crippen MR) is 83.0 cm³/mol. The minimum absolute atomic E-state index is 0.648. The molecule has 0 N–H and O–H groups in total. The Hall–Kier alpha value is -2.33. The first-order valence-corrected chi connectivity index (χ1v) is 6.91. The summed E-state index contributed by atoms with van der Waals surface area (Å²) in [7, 11) is 0. The van der Waals surface area contributed by atoms with Crippen LogP contribution in [0.25, 0.3) is 22.6 Å². The third kappa shape index (κ3) is 3.06. The van der Waals surface area contributed by atoms with Crippen LogP contribution in [0.15, 0.2) is 42.6 Å². The van der Waals surface area contributed by atoms with Crippen LogP contribution in [0.4, 0.5) is 0 Å². The van der Waals surface area contributed by atoms with E-state index < -0.39 is 0 Å². The van der Waals surface area contributed by atoms with Crippen molar-refractivity contribution >= 4 is 11.6 Å². The van der Waals surface area contributed by atoms with E-state index in [9.17, 15) is 0 Å². The highest BCUT2D eigenvalue weighted by molar-refractivity contribution is 6.30. The number of rotatable bonds is 2. The zero-order valence-electron chi connectivity index (χ0n) is 11.7. The van der Waals surface area contributed by atoms with E-state index in [-0.39, 0.29) is 0 Å². The number of nitrogens with zero attached hydrogens (tertiary/aromatic N) is 4. The van der Waals surface area contributed by atoms with Gasteiger partial charge < -0.3 is 0 Å². The molecule has 0 saturated carbocycles. The molecular weight excluding hydrogens is 284 g/mol. The van der Waals surface area contributed by atoms with Crippen molar-refractivity contribution in [2.75, 3.05) is 0 Å². The van der Waals surface area contributed by atoms with E-state index in [0.29, 0.717) is 22.5 Å². The van der Waals surface area contributed by atoms with Crippen LogP contribution in [0.2, 0.25) is 5.02 Å². The Morgan fingerprint density at radius 3 is 1.95 bits per heavy atom. The average Bonchev–Trinajstić information content (AvgIpc) is 2.47. The molecule has 2 heterocycles. The fourth-order valence-corrected chi connectivity index (χ4v) is 2.19. The zero-order chi connectivity index (χ0) is 14.8. The van der Waals surface area contributed by atoms with Gasteiger partial charge in [-0.25, -0.2) is 15.0 Å². The van der Waals surface area contributed by atoms with Crippen LogP contribution in [-0.4, -0.2) is 19.9 Å². The molecule has 21 heavy (non-hydrogen) atoms. The Balaban J connectivity index is 1.95. The van der Waals surface area contributed by atoms with Crippen LogP contribution in [0.5, 0.6) is 0 Å².